The molecule has 0 fully saturated rings. The van der Waals surface area contributed by atoms with Crippen LogP contribution in [-0.4, -0.2) is 41.2 Å². The molecule has 2 aromatic carbocycles. The molecule has 0 atom stereocenters. The number of H-pyrrole nitrogens is 2. The van der Waals surface area contributed by atoms with Crippen LogP contribution in [0.5, 0.6) is 11.5 Å². The number of Topliss-reactive ketones (excluding diaryl/α,β-unsaturated/α-hetero) is 1. The summed E-state index contributed by atoms with van der Waals surface area (Å²) >= 11 is 0. The van der Waals surface area contributed by atoms with Gasteiger partial charge in [-0.15, -0.1) is 0 Å². The molecule has 0 saturated carbocycles. The van der Waals surface area contributed by atoms with Gasteiger partial charge in [-0.25, -0.2) is 4.79 Å². The van der Waals surface area contributed by atoms with Gasteiger partial charge in [0.05, 0.1) is 24.1 Å². The Hall–Kier alpha value is -4.53. The predicted octanol–water partition coefficient (Wildman–Crippen LogP) is 4.55. The number of amides is 2. The SMILES string of the molecule is CNC(=O)Nc1ccc2c(c1)C(=O)C(=Cc1c(-c3c(C)n[nH]c3C)[nH]c3ccc(OC)cc13)O2. The summed E-state index contributed by atoms with van der Waals surface area (Å²) in [5, 5.41) is 13.4. The van der Waals surface area contributed by atoms with Gasteiger partial charge in [0.15, 0.2) is 5.76 Å². The Morgan fingerprint density at radius 1 is 1.18 bits per heavy atom. The molecule has 2 amide bonds. The number of nitrogens with one attached hydrogen (secondary N) is 4. The lowest BCUT2D eigenvalue weighted by Crippen LogP contribution is -2.24. The molecule has 0 radical (unpaired) electrons. The number of anilines is 1. The maximum atomic E-state index is 13.2. The highest BCUT2D eigenvalue weighted by Crippen LogP contribution is 2.39. The van der Waals surface area contributed by atoms with Crippen LogP contribution in [0.1, 0.15) is 27.3 Å². The number of benzene rings is 2. The number of rotatable bonds is 4. The summed E-state index contributed by atoms with van der Waals surface area (Å²) < 4.78 is 11.4. The van der Waals surface area contributed by atoms with Crippen molar-refractivity contribution >= 4 is 34.5 Å². The van der Waals surface area contributed by atoms with Crippen LogP contribution in [0.3, 0.4) is 0 Å². The van der Waals surface area contributed by atoms with Crippen molar-refractivity contribution in [3.63, 3.8) is 0 Å². The Kier molecular flexibility index (Phi) is 5.09. The summed E-state index contributed by atoms with van der Waals surface area (Å²) in [6.07, 6.45) is 1.74. The van der Waals surface area contributed by atoms with E-state index in [9.17, 15) is 9.59 Å². The van der Waals surface area contributed by atoms with Gasteiger partial charge in [-0.3, -0.25) is 9.89 Å². The third-order valence-corrected chi connectivity index (χ3v) is 5.85. The fourth-order valence-electron chi connectivity index (χ4n) is 4.18. The fraction of sp³-hybridized carbons (Fsp3) is 0.160. The lowest BCUT2D eigenvalue weighted by atomic mass is 10.0. The number of methoxy groups -OCH3 is 1. The number of hydrogen-bond acceptors (Lipinski definition) is 5. The average Bonchev–Trinajstić information content (AvgIpc) is 3.46. The van der Waals surface area contributed by atoms with E-state index in [1.807, 2.05) is 32.0 Å². The number of aromatic amines is 2. The van der Waals surface area contributed by atoms with Crippen LogP contribution in [-0.2, 0) is 0 Å². The predicted molar refractivity (Wildman–Crippen MR) is 129 cm³/mol. The average molecular weight is 457 g/mol. The summed E-state index contributed by atoms with van der Waals surface area (Å²) in [7, 11) is 3.14. The topological polar surface area (TPSA) is 121 Å². The smallest absolute Gasteiger partial charge is 0.318 e. The quantitative estimate of drug-likeness (QED) is 0.335. The molecule has 172 valence electrons. The Balaban J connectivity index is 1.64. The van der Waals surface area contributed by atoms with Crippen LogP contribution in [0.15, 0.2) is 42.2 Å². The minimum Gasteiger partial charge on any atom is -0.497 e. The van der Waals surface area contributed by atoms with Crippen molar-refractivity contribution in [2.75, 3.05) is 19.5 Å². The number of nitrogens with zero attached hydrogens (tertiary/aromatic N) is 1. The number of urea groups is 1. The van der Waals surface area contributed by atoms with E-state index >= 15 is 0 Å². The van der Waals surface area contributed by atoms with Gasteiger partial charge in [-0.1, -0.05) is 0 Å². The minimum absolute atomic E-state index is 0.191. The highest BCUT2D eigenvalue weighted by atomic mass is 16.5. The molecule has 5 rings (SSSR count). The number of aryl methyl sites for hydroxylation is 2. The zero-order valence-electron chi connectivity index (χ0n) is 19.1. The second kappa shape index (κ2) is 8.11. The van der Waals surface area contributed by atoms with Crippen molar-refractivity contribution in [2.45, 2.75) is 13.8 Å². The molecule has 0 spiro atoms. The number of allylic oxidation sites excluding steroid dienone is 1. The van der Waals surface area contributed by atoms with Crippen molar-refractivity contribution in [1.29, 1.82) is 0 Å². The summed E-state index contributed by atoms with van der Waals surface area (Å²) in [5.41, 5.74) is 6.07. The summed E-state index contributed by atoms with van der Waals surface area (Å²) in [5.74, 6) is 1.06. The Morgan fingerprint density at radius 2 is 2.00 bits per heavy atom. The Labute approximate surface area is 195 Å². The monoisotopic (exact) mass is 457 g/mol. The van der Waals surface area contributed by atoms with Crippen molar-refractivity contribution in [1.82, 2.24) is 20.5 Å². The van der Waals surface area contributed by atoms with E-state index in [0.29, 0.717) is 22.7 Å². The molecule has 9 heteroatoms. The van der Waals surface area contributed by atoms with Crippen LogP contribution in [0.2, 0.25) is 0 Å². The number of aromatic nitrogens is 3. The van der Waals surface area contributed by atoms with Crippen LogP contribution in [0.4, 0.5) is 10.5 Å². The van der Waals surface area contributed by atoms with Crippen molar-refractivity contribution in [3.05, 3.63) is 64.7 Å². The van der Waals surface area contributed by atoms with Crippen LogP contribution >= 0.6 is 0 Å². The zero-order chi connectivity index (χ0) is 24.0. The fourth-order valence-corrected chi connectivity index (χ4v) is 4.18. The third kappa shape index (κ3) is 3.47. The van der Waals surface area contributed by atoms with E-state index in [0.717, 1.165) is 39.1 Å². The number of carbonyl (C=O) groups is 2. The maximum absolute atomic E-state index is 13.2. The van der Waals surface area contributed by atoms with Crippen LogP contribution in [0, 0.1) is 13.8 Å². The summed E-state index contributed by atoms with van der Waals surface area (Å²) in [6, 6.07) is 10.3. The number of ether oxygens (including phenoxy) is 2. The highest BCUT2D eigenvalue weighted by molar-refractivity contribution is 6.16. The standard InChI is InChI=1S/C25H23N5O4/c1-12-22(13(2)30-29-12)23-17(16-10-15(33-4)6-7-19(16)28-23)11-21-24(31)18-9-14(27-25(32)26-3)5-8-20(18)34-21/h5-11,28H,1-4H3,(H,29,30)(H2,26,27,32). The highest BCUT2D eigenvalue weighted by Gasteiger charge is 2.29. The molecule has 0 aliphatic carbocycles. The molecule has 0 unspecified atom stereocenters. The molecule has 1 aliphatic heterocycles. The van der Waals surface area contributed by atoms with Gasteiger partial charge in [0.25, 0.3) is 0 Å². The second-order valence-electron chi connectivity index (χ2n) is 7.99. The van der Waals surface area contributed by atoms with Crippen molar-refractivity contribution < 1.29 is 19.1 Å². The summed E-state index contributed by atoms with van der Waals surface area (Å²) in [4.78, 5) is 28.4. The van der Waals surface area contributed by atoms with Gasteiger partial charge in [0.2, 0.25) is 5.78 Å². The van der Waals surface area contributed by atoms with Gasteiger partial charge >= 0.3 is 6.03 Å². The molecule has 34 heavy (non-hydrogen) atoms. The third-order valence-electron chi connectivity index (χ3n) is 5.85. The number of carbonyl (C=O) groups excluding carboxylic acids is 2. The van der Waals surface area contributed by atoms with Gasteiger partial charge < -0.3 is 25.1 Å². The molecule has 0 saturated heterocycles. The van der Waals surface area contributed by atoms with E-state index in [1.54, 1.807) is 31.4 Å². The maximum Gasteiger partial charge on any atom is 0.318 e. The van der Waals surface area contributed by atoms with Crippen LogP contribution < -0.4 is 20.1 Å². The summed E-state index contributed by atoms with van der Waals surface area (Å²) in [6.45, 7) is 3.88. The molecule has 1 aliphatic rings. The molecule has 9 nitrogen and oxygen atoms in total. The molecule has 2 aromatic heterocycles. The van der Waals surface area contributed by atoms with E-state index < -0.39 is 0 Å². The van der Waals surface area contributed by atoms with Gasteiger partial charge in [0, 0.05) is 40.5 Å². The van der Waals surface area contributed by atoms with E-state index in [1.165, 1.54) is 7.05 Å². The molecule has 0 bridgehead atoms. The molecular weight excluding hydrogens is 434 g/mol. The van der Waals surface area contributed by atoms with Gasteiger partial charge in [0.1, 0.15) is 11.5 Å². The van der Waals surface area contributed by atoms with E-state index in [4.69, 9.17) is 9.47 Å². The molecular formula is C25H23N5O4. The first kappa shape index (κ1) is 21.3. The molecule has 4 aromatic rings. The first-order valence-electron chi connectivity index (χ1n) is 10.7. The molecule has 4 N–H and O–H groups in total. The van der Waals surface area contributed by atoms with Crippen molar-refractivity contribution in [2.24, 2.45) is 0 Å². The van der Waals surface area contributed by atoms with E-state index in [2.05, 4.69) is 25.8 Å². The minimum atomic E-state index is -0.370. The first-order chi connectivity index (χ1) is 16.4. The Bertz CT molecular complexity index is 1480. The van der Waals surface area contributed by atoms with Crippen molar-refractivity contribution in [3.8, 4) is 22.8 Å². The number of fused-ring (bicyclic) bond motifs is 2. The number of ketones is 1. The second-order valence-corrected chi connectivity index (χ2v) is 7.99. The normalized spacial score (nSPS) is 13.8. The lowest BCUT2D eigenvalue weighted by molar-refractivity contribution is 0.101. The van der Waals surface area contributed by atoms with Gasteiger partial charge in [-0.2, -0.15) is 5.10 Å². The first-order valence-corrected chi connectivity index (χ1v) is 10.7. The zero-order valence-corrected chi connectivity index (χ0v) is 19.1. The Morgan fingerprint density at radius 3 is 2.71 bits per heavy atom. The number of hydrogen-bond donors (Lipinski definition) is 4. The largest absolute Gasteiger partial charge is 0.497 e. The van der Waals surface area contributed by atoms with Crippen LogP contribution in [0.25, 0.3) is 28.2 Å². The lowest BCUT2D eigenvalue weighted by Gasteiger charge is -2.05. The molecule has 3 heterocycles. The van der Waals surface area contributed by atoms with E-state index in [-0.39, 0.29) is 17.6 Å². The van der Waals surface area contributed by atoms with Gasteiger partial charge in [-0.05, 0) is 56.3 Å².